The normalized spacial score (nSPS) is 10.2. The van der Waals surface area contributed by atoms with Gasteiger partial charge in [0.05, 0.1) is 13.7 Å². The minimum Gasteiger partial charge on any atom is -0.497 e. The summed E-state index contributed by atoms with van der Waals surface area (Å²) in [5, 5.41) is 8.28. The third kappa shape index (κ3) is 3.16. The Labute approximate surface area is 90.4 Å². The molecule has 0 spiro atoms. The Bertz CT molecular complexity index is 369. The summed E-state index contributed by atoms with van der Waals surface area (Å²) in [6, 6.07) is 2.01. The van der Waals surface area contributed by atoms with Gasteiger partial charge in [0.2, 0.25) is 0 Å². The summed E-state index contributed by atoms with van der Waals surface area (Å²) < 4.78 is 35.8. The lowest BCUT2D eigenvalue weighted by Crippen LogP contribution is -2.08. The van der Waals surface area contributed by atoms with Gasteiger partial charge in [-0.2, -0.15) is 0 Å². The van der Waals surface area contributed by atoms with Gasteiger partial charge < -0.3 is 14.6 Å². The number of benzene rings is 1. The highest BCUT2D eigenvalue weighted by Gasteiger charge is 2.12. The van der Waals surface area contributed by atoms with Gasteiger partial charge in [-0.3, -0.25) is 0 Å². The quantitative estimate of drug-likeness (QED) is 0.837. The molecule has 88 valence electrons. The monoisotopic (exact) mass is 232 g/mol. The zero-order valence-corrected chi connectivity index (χ0v) is 8.50. The van der Waals surface area contributed by atoms with Crippen LogP contribution in [-0.2, 0) is 16.1 Å². The van der Waals surface area contributed by atoms with E-state index in [1.54, 1.807) is 0 Å². The first-order chi connectivity index (χ1) is 7.54. The molecule has 1 rings (SSSR count). The Morgan fingerprint density at radius 1 is 1.38 bits per heavy atom. The number of hydrogen-bond acceptors (Lipinski definition) is 3. The molecule has 1 aromatic rings. The summed E-state index contributed by atoms with van der Waals surface area (Å²) in [6.45, 7) is -1.04. The molecule has 0 aliphatic heterocycles. The van der Waals surface area contributed by atoms with E-state index in [9.17, 15) is 13.6 Å². The van der Waals surface area contributed by atoms with Crippen molar-refractivity contribution in [3.05, 3.63) is 29.3 Å². The number of halogens is 2. The second-order valence-corrected chi connectivity index (χ2v) is 2.96. The fourth-order valence-electron chi connectivity index (χ4n) is 1.08. The molecule has 1 aromatic carbocycles. The van der Waals surface area contributed by atoms with E-state index in [2.05, 4.69) is 9.47 Å². The molecule has 1 N–H and O–H groups in total. The molecule has 4 nitrogen and oxygen atoms in total. The SMILES string of the molecule is COc1cc(F)c(COCC(=O)O)c(F)c1. The summed E-state index contributed by atoms with van der Waals surface area (Å²) >= 11 is 0. The zero-order valence-electron chi connectivity index (χ0n) is 8.50. The van der Waals surface area contributed by atoms with Gasteiger partial charge in [-0.15, -0.1) is 0 Å². The van der Waals surface area contributed by atoms with Crippen molar-refractivity contribution in [3.8, 4) is 5.75 Å². The molecule has 0 heterocycles. The molecule has 6 heteroatoms. The van der Waals surface area contributed by atoms with Crippen molar-refractivity contribution in [2.45, 2.75) is 6.61 Å². The first kappa shape index (κ1) is 12.4. The van der Waals surface area contributed by atoms with Crippen LogP contribution in [0.2, 0.25) is 0 Å². The van der Waals surface area contributed by atoms with Crippen LogP contribution in [0.25, 0.3) is 0 Å². The van der Waals surface area contributed by atoms with Crippen LogP contribution in [0.1, 0.15) is 5.56 Å². The van der Waals surface area contributed by atoms with Crippen LogP contribution in [0, 0.1) is 11.6 Å². The number of rotatable bonds is 5. The summed E-state index contributed by atoms with van der Waals surface area (Å²) in [5.74, 6) is -2.81. The van der Waals surface area contributed by atoms with E-state index in [0.29, 0.717) is 0 Å². The van der Waals surface area contributed by atoms with E-state index in [0.717, 1.165) is 12.1 Å². The molecule has 0 atom stereocenters. The van der Waals surface area contributed by atoms with Gasteiger partial charge in [-0.25, -0.2) is 13.6 Å². The molecule has 0 saturated carbocycles. The maximum absolute atomic E-state index is 13.3. The Morgan fingerprint density at radius 3 is 2.38 bits per heavy atom. The number of aliphatic carboxylic acids is 1. The van der Waals surface area contributed by atoms with Gasteiger partial charge >= 0.3 is 5.97 Å². The van der Waals surface area contributed by atoms with Gasteiger partial charge in [0.15, 0.2) is 0 Å². The van der Waals surface area contributed by atoms with Crippen LogP contribution < -0.4 is 4.74 Å². The van der Waals surface area contributed by atoms with Gasteiger partial charge in [0.25, 0.3) is 0 Å². The number of ether oxygens (including phenoxy) is 2. The molecule has 0 aliphatic carbocycles. The molecule has 0 aliphatic rings. The molecule has 0 unspecified atom stereocenters. The number of hydrogen-bond donors (Lipinski definition) is 1. The van der Waals surface area contributed by atoms with Gasteiger partial charge in [0.1, 0.15) is 24.0 Å². The van der Waals surface area contributed by atoms with Crippen molar-refractivity contribution in [2.24, 2.45) is 0 Å². The predicted molar refractivity (Wildman–Crippen MR) is 50.2 cm³/mol. The van der Waals surface area contributed by atoms with Crippen LogP contribution in [0.4, 0.5) is 8.78 Å². The molecule has 0 fully saturated rings. The van der Waals surface area contributed by atoms with Crippen molar-refractivity contribution >= 4 is 5.97 Å². The number of methoxy groups -OCH3 is 1. The Balaban J connectivity index is 2.76. The first-order valence-electron chi connectivity index (χ1n) is 4.36. The predicted octanol–water partition coefficient (Wildman–Crippen LogP) is 1.57. The van der Waals surface area contributed by atoms with Crippen LogP contribution in [0.15, 0.2) is 12.1 Å². The summed E-state index contributed by atoms with van der Waals surface area (Å²) in [7, 11) is 1.29. The molecule has 0 bridgehead atoms. The molecule has 0 aromatic heterocycles. The van der Waals surface area contributed by atoms with Crippen LogP contribution in [0.3, 0.4) is 0 Å². The van der Waals surface area contributed by atoms with Crippen molar-refractivity contribution in [1.82, 2.24) is 0 Å². The lowest BCUT2D eigenvalue weighted by atomic mass is 10.2. The fraction of sp³-hybridized carbons (Fsp3) is 0.300. The average molecular weight is 232 g/mol. The highest BCUT2D eigenvalue weighted by Crippen LogP contribution is 2.20. The summed E-state index contributed by atoms with van der Waals surface area (Å²) in [4.78, 5) is 10.1. The molecule has 16 heavy (non-hydrogen) atoms. The van der Waals surface area contributed by atoms with Crippen molar-refractivity contribution in [1.29, 1.82) is 0 Å². The van der Waals surface area contributed by atoms with E-state index in [-0.39, 0.29) is 11.3 Å². The topological polar surface area (TPSA) is 55.8 Å². The molecule has 0 saturated heterocycles. The molecular weight excluding hydrogens is 222 g/mol. The molecular formula is C10H10F2O4. The van der Waals surface area contributed by atoms with Crippen LogP contribution >= 0.6 is 0 Å². The summed E-state index contributed by atoms with van der Waals surface area (Å²) in [5.41, 5.74) is -0.318. The van der Waals surface area contributed by atoms with Gasteiger partial charge in [0, 0.05) is 17.7 Å². The maximum atomic E-state index is 13.3. The standard InChI is InChI=1S/C10H10F2O4/c1-15-6-2-8(11)7(9(12)3-6)4-16-5-10(13)14/h2-3H,4-5H2,1H3,(H,13,14). The Kier molecular flexibility index (Phi) is 4.19. The summed E-state index contributed by atoms with van der Waals surface area (Å²) in [6.07, 6.45) is 0. The highest BCUT2D eigenvalue weighted by atomic mass is 19.1. The lowest BCUT2D eigenvalue weighted by Gasteiger charge is -2.07. The minimum atomic E-state index is -1.20. The second kappa shape index (κ2) is 5.41. The van der Waals surface area contributed by atoms with Crippen molar-refractivity contribution in [3.63, 3.8) is 0 Å². The Hall–Kier alpha value is -1.69. The largest absolute Gasteiger partial charge is 0.497 e. The number of carboxylic acids is 1. The second-order valence-electron chi connectivity index (χ2n) is 2.96. The number of carbonyl (C=O) groups is 1. The van der Waals surface area contributed by atoms with E-state index in [1.807, 2.05) is 0 Å². The van der Waals surface area contributed by atoms with Crippen molar-refractivity contribution in [2.75, 3.05) is 13.7 Å². The third-order valence-corrected chi connectivity index (χ3v) is 1.82. The highest BCUT2D eigenvalue weighted by molar-refractivity contribution is 5.67. The van der Waals surface area contributed by atoms with Gasteiger partial charge in [-0.05, 0) is 0 Å². The van der Waals surface area contributed by atoms with E-state index < -0.39 is 30.8 Å². The fourth-order valence-corrected chi connectivity index (χ4v) is 1.08. The van der Waals surface area contributed by atoms with E-state index in [1.165, 1.54) is 7.11 Å². The Morgan fingerprint density at radius 2 is 1.94 bits per heavy atom. The smallest absolute Gasteiger partial charge is 0.329 e. The van der Waals surface area contributed by atoms with E-state index >= 15 is 0 Å². The zero-order chi connectivity index (χ0) is 12.1. The van der Waals surface area contributed by atoms with E-state index in [4.69, 9.17) is 5.11 Å². The van der Waals surface area contributed by atoms with Crippen molar-refractivity contribution < 1.29 is 28.2 Å². The van der Waals surface area contributed by atoms with Gasteiger partial charge in [-0.1, -0.05) is 0 Å². The molecule has 0 radical (unpaired) electrons. The lowest BCUT2D eigenvalue weighted by molar-refractivity contribution is -0.142. The maximum Gasteiger partial charge on any atom is 0.329 e. The third-order valence-electron chi connectivity index (χ3n) is 1.82. The number of carboxylic acid groups (broad SMARTS) is 1. The first-order valence-corrected chi connectivity index (χ1v) is 4.36. The average Bonchev–Trinajstić information content (AvgIpc) is 2.21. The minimum absolute atomic E-state index is 0.0528. The van der Waals surface area contributed by atoms with Crippen LogP contribution in [0.5, 0.6) is 5.75 Å². The molecule has 0 amide bonds. The van der Waals surface area contributed by atoms with Crippen LogP contribution in [-0.4, -0.2) is 24.8 Å².